The number of hydrogen-bond donors (Lipinski definition) is 1. The van der Waals surface area contributed by atoms with Crippen molar-refractivity contribution in [3.8, 4) is 16.5 Å². The van der Waals surface area contributed by atoms with Crippen LogP contribution >= 0.6 is 11.3 Å². The smallest absolute Gasteiger partial charge is 0.246 e. The summed E-state index contributed by atoms with van der Waals surface area (Å²) >= 11 is 1.58. The fraction of sp³-hybridized carbons (Fsp3) is 0.143. The molecule has 0 amide bonds. The zero-order valence-corrected chi connectivity index (χ0v) is 11.7. The van der Waals surface area contributed by atoms with Gasteiger partial charge in [-0.05, 0) is 23.6 Å². The summed E-state index contributed by atoms with van der Waals surface area (Å²) in [5, 5.41) is 9.17. The maximum Gasteiger partial charge on any atom is 0.246 e. The van der Waals surface area contributed by atoms with Crippen LogP contribution in [0.1, 0.15) is 5.89 Å². The molecule has 0 unspecified atom stereocenters. The Hall–Kier alpha value is -2.34. The van der Waals surface area contributed by atoms with Gasteiger partial charge in [0.15, 0.2) is 0 Å². The highest BCUT2D eigenvalue weighted by Gasteiger charge is 2.09. The minimum Gasteiger partial charge on any atom is -0.495 e. The van der Waals surface area contributed by atoms with Crippen molar-refractivity contribution < 1.29 is 9.26 Å². The van der Waals surface area contributed by atoms with E-state index in [1.165, 1.54) is 0 Å². The molecular formula is C14H13N3O2S. The van der Waals surface area contributed by atoms with Crippen LogP contribution in [-0.2, 0) is 6.54 Å². The molecule has 2 heterocycles. The van der Waals surface area contributed by atoms with Crippen LogP contribution in [0.2, 0.25) is 0 Å². The Morgan fingerprint density at radius 1 is 1.25 bits per heavy atom. The van der Waals surface area contributed by atoms with Gasteiger partial charge in [-0.25, -0.2) is 0 Å². The van der Waals surface area contributed by atoms with E-state index in [9.17, 15) is 0 Å². The highest BCUT2D eigenvalue weighted by Crippen LogP contribution is 2.24. The molecule has 3 aromatic rings. The monoisotopic (exact) mass is 287 g/mol. The molecule has 0 saturated heterocycles. The Kier molecular flexibility index (Phi) is 3.64. The van der Waals surface area contributed by atoms with E-state index in [-0.39, 0.29) is 0 Å². The summed E-state index contributed by atoms with van der Waals surface area (Å²) in [6.07, 6.45) is 0. The normalized spacial score (nSPS) is 10.4. The maximum atomic E-state index is 5.27. The molecule has 0 fully saturated rings. The molecule has 5 nitrogen and oxygen atoms in total. The standard InChI is InChI=1S/C14H13N3O2S/c1-18-11-6-3-2-5-10(11)15-9-13-16-14(17-19-13)12-7-4-8-20-12/h2-8,15H,9H2,1H3. The van der Waals surface area contributed by atoms with Gasteiger partial charge < -0.3 is 14.6 Å². The number of anilines is 1. The predicted octanol–water partition coefficient (Wildman–Crippen LogP) is 3.42. The lowest BCUT2D eigenvalue weighted by atomic mass is 10.3. The van der Waals surface area contributed by atoms with Gasteiger partial charge in [0.1, 0.15) is 5.75 Å². The van der Waals surface area contributed by atoms with Crippen LogP contribution in [0.25, 0.3) is 10.7 Å². The predicted molar refractivity (Wildman–Crippen MR) is 77.9 cm³/mol. The minimum atomic E-state index is 0.457. The summed E-state index contributed by atoms with van der Waals surface area (Å²) < 4.78 is 10.5. The van der Waals surface area contributed by atoms with Crippen LogP contribution in [-0.4, -0.2) is 17.3 Å². The number of benzene rings is 1. The molecule has 6 heteroatoms. The Labute approximate surface area is 120 Å². The third kappa shape index (κ3) is 2.65. The van der Waals surface area contributed by atoms with Gasteiger partial charge in [-0.2, -0.15) is 4.98 Å². The first-order chi connectivity index (χ1) is 9.86. The van der Waals surface area contributed by atoms with Crippen molar-refractivity contribution in [2.75, 3.05) is 12.4 Å². The molecule has 0 saturated carbocycles. The van der Waals surface area contributed by atoms with E-state index in [4.69, 9.17) is 9.26 Å². The lowest BCUT2D eigenvalue weighted by Crippen LogP contribution is -2.01. The number of aromatic nitrogens is 2. The van der Waals surface area contributed by atoms with Crippen LogP contribution in [0.4, 0.5) is 5.69 Å². The second-order valence-corrected chi connectivity index (χ2v) is 4.99. The third-order valence-electron chi connectivity index (χ3n) is 2.75. The quantitative estimate of drug-likeness (QED) is 0.779. The van der Waals surface area contributed by atoms with Gasteiger partial charge in [-0.3, -0.25) is 0 Å². The summed E-state index contributed by atoms with van der Waals surface area (Å²) in [6, 6.07) is 11.6. The van der Waals surface area contributed by atoms with Crippen molar-refractivity contribution in [1.29, 1.82) is 0 Å². The molecule has 20 heavy (non-hydrogen) atoms. The number of hydrogen-bond acceptors (Lipinski definition) is 6. The van der Waals surface area contributed by atoms with E-state index in [0.717, 1.165) is 16.3 Å². The van der Waals surface area contributed by atoms with E-state index >= 15 is 0 Å². The first-order valence-corrected chi connectivity index (χ1v) is 6.98. The number of methoxy groups -OCH3 is 1. The van der Waals surface area contributed by atoms with Gasteiger partial charge in [-0.15, -0.1) is 11.3 Å². The number of ether oxygens (including phenoxy) is 1. The second-order valence-electron chi connectivity index (χ2n) is 4.04. The Morgan fingerprint density at radius 2 is 2.15 bits per heavy atom. The molecule has 0 bridgehead atoms. The number of para-hydroxylation sites is 2. The third-order valence-corrected chi connectivity index (χ3v) is 3.61. The zero-order valence-electron chi connectivity index (χ0n) is 10.9. The summed E-state index contributed by atoms with van der Waals surface area (Å²) in [7, 11) is 1.64. The van der Waals surface area contributed by atoms with Crippen molar-refractivity contribution in [3.63, 3.8) is 0 Å². The number of thiophene rings is 1. The van der Waals surface area contributed by atoms with Crippen molar-refractivity contribution in [2.45, 2.75) is 6.54 Å². The van der Waals surface area contributed by atoms with E-state index in [0.29, 0.717) is 18.3 Å². The Morgan fingerprint density at radius 3 is 2.95 bits per heavy atom. The fourth-order valence-electron chi connectivity index (χ4n) is 1.79. The van der Waals surface area contributed by atoms with Gasteiger partial charge in [0.2, 0.25) is 11.7 Å². The van der Waals surface area contributed by atoms with Crippen molar-refractivity contribution in [2.24, 2.45) is 0 Å². The highest BCUT2D eigenvalue weighted by molar-refractivity contribution is 7.13. The molecule has 0 aliphatic heterocycles. The molecule has 0 atom stereocenters. The van der Waals surface area contributed by atoms with Crippen LogP contribution in [0, 0.1) is 0 Å². The molecule has 0 spiro atoms. The molecule has 2 aromatic heterocycles. The molecule has 0 aliphatic rings. The topological polar surface area (TPSA) is 60.2 Å². The maximum absolute atomic E-state index is 5.27. The molecule has 102 valence electrons. The molecule has 1 aromatic carbocycles. The first kappa shape index (κ1) is 12.7. The van der Waals surface area contributed by atoms with Crippen molar-refractivity contribution in [1.82, 2.24) is 10.1 Å². The van der Waals surface area contributed by atoms with Crippen LogP contribution in [0.3, 0.4) is 0 Å². The molecular weight excluding hydrogens is 274 g/mol. The summed E-state index contributed by atoms with van der Waals surface area (Å²) in [5.41, 5.74) is 0.894. The van der Waals surface area contributed by atoms with Gasteiger partial charge >= 0.3 is 0 Å². The number of nitrogens with zero attached hydrogens (tertiary/aromatic N) is 2. The minimum absolute atomic E-state index is 0.457. The van der Waals surface area contributed by atoms with E-state index in [2.05, 4.69) is 15.5 Å². The molecule has 3 rings (SSSR count). The first-order valence-electron chi connectivity index (χ1n) is 6.10. The summed E-state index contributed by atoms with van der Waals surface area (Å²) in [4.78, 5) is 5.35. The molecule has 0 aliphatic carbocycles. The van der Waals surface area contributed by atoms with Crippen molar-refractivity contribution >= 4 is 17.0 Å². The van der Waals surface area contributed by atoms with E-state index in [1.807, 2.05) is 41.8 Å². The van der Waals surface area contributed by atoms with Gasteiger partial charge in [0.05, 0.1) is 24.2 Å². The second kappa shape index (κ2) is 5.75. The summed E-state index contributed by atoms with van der Waals surface area (Å²) in [5.74, 6) is 1.95. The van der Waals surface area contributed by atoms with Gasteiger partial charge in [0.25, 0.3) is 0 Å². The Bertz CT molecular complexity index is 679. The van der Waals surface area contributed by atoms with E-state index < -0.39 is 0 Å². The highest BCUT2D eigenvalue weighted by atomic mass is 32.1. The van der Waals surface area contributed by atoms with Crippen LogP contribution in [0.15, 0.2) is 46.3 Å². The van der Waals surface area contributed by atoms with Gasteiger partial charge in [0, 0.05) is 0 Å². The molecule has 1 N–H and O–H groups in total. The average Bonchev–Trinajstić information content (AvgIpc) is 3.16. The fourth-order valence-corrected chi connectivity index (χ4v) is 2.44. The SMILES string of the molecule is COc1ccccc1NCc1nc(-c2cccs2)no1. The van der Waals surface area contributed by atoms with E-state index in [1.54, 1.807) is 18.4 Å². The largest absolute Gasteiger partial charge is 0.495 e. The van der Waals surface area contributed by atoms with Crippen LogP contribution < -0.4 is 10.1 Å². The molecule has 0 radical (unpaired) electrons. The van der Waals surface area contributed by atoms with Gasteiger partial charge in [-0.1, -0.05) is 23.4 Å². The lowest BCUT2D eigenvalue weighted by molar-refractivity contribution is 0.383. The number of rotatable bonds is 5. The van der Waals surface area contributed by atoms with Crippen LogP contribution in [0.5, 0.6) is 5.75 Å². The Balaban J connectivity index is 1.70. The average molecular weight is 287 g/mol. The number of nitrogens with one attached hydrogen (secondary N) is 1. The van der Waals surface area contributed by atoms with Crippen molar-refractivity contribution in [3.05, 3.63) is 47.7 Å². The lowest BCUT2D eigenvalue weighted by Gasteiger charge is -2.08. The summed E-state index contributed by atoms with van der Waals surface area (Å²) in [6.45, 7) is 0.457. The zero-order chi connectivity index (χ0) is 13.8.